The number of nitrogens with zero attached hydrogens (tertiary/aromatic N) is 2. The normalized spacial score (nSPS) is 10.0. The molecule has 1 N–H and O–H groups in total. The van der Waals surface area contributed by atoms with E-state index in [0.717, 1.165) is 11.0 Å². The molecule has 0 spiro atoms. The van der Waals surface area contributed by atoms with E-state index in [-0.39, 0.29) is 0 Å². The van der Waals surface area contributed by atoms with Crippen LogP contribution in [0.5, 0.6) is 0 Å². The van der Waals surface area contributed by atoms with Crippen LogP contribution in [0.4, 0.5) is 5.13 Å². The molecular formula is C6H11N3OS. The number of ether oxygens (including phenoxy) is 1. The maximum Gasteiger partial charge on any atom is 0.202 e. The molecule has 11 heavy (non-hydrogen) atoms. The van der Waals surface area contributed by atoms with E-state index < -0.39 is 0 Å². The van der Waals surface area contributed by atoms with Gasteiger partial charge in [0.2, 0.25) is 5.13 Å². The standard InChI is InChI=1S/C6H11N3OS/c1-3-10-4-5-8-6(7-2)11-9-5/h3-4H2,1-2H3,(H,7,8,9). The lowest BCUT2D eigenvalue weighted by Gasteiger charge is -1.93. The Morgan fingerprint density at radius 1 is 1.64 bits per heavy atom. The summed E-state index contributed by atoms with van der Waals surface area (Å²) >= 11 is 1.35. The lowest BCUT2D eigenvalue weighted by Crippen LogP contribution is -1.94. The topological polar surface area (TPSA) is 47.0 Å². The molecule has 4 nitrogen and oxygen atoms in total. The van der Waals surface area contributed by atoms with Crippen LogP contribution in [0.1, 0.15) is 12.7 Å². The second kappa shape index (κ2) is 4.25. The minimum atomic E-state index is 0.509. The zero-order valence-corrected chi connectivity index (χ0v) is 7.44. The lowest BCUT2D eigenvalue weighted by molar-refractivity contribution is 0.129. The van der Waals surface area contributed by atoms with Gasteiger partial charge in [-0.05, 0) is 6.92 Å². The summed E-state index contributed by atoms with van der Waals surface area (Å²) in [6.45, 7) is 3.16. The molecule has 0 saturated heterocycles. The van der Waals surface area contributed by atoms with Gasteiger partial charge in [0.05, 0.1) is 0 Å². The van der Waals surface area contributed by atoms with E-state index in [1.54, 1.807) is 0 Å². The zero-order chi connectivity index (χ0) is 8.10. The van der Waals surface area contributed by atoms with Crippen molar-refractivity contribution in [2.24, 2.45) is 0 Å². The Kier molecular flexibility index (Phi) is 3.25. The van der Waals surface area contributed by atoms with Gasteiger partial charge in [0.1, 0.15) is 6.61 Å². The average molecular weight is 173 g/mol. The van der Waals surface area contributed by atoms with Gasteiger partial charge in [-0.15, -0.1) is 0 Å². The second-order valence-corrected chi connectivity index (χ2v) is 2.65. The van der Waals surface area contributed by atoms with Gasteiger partial charge in [-0.25, -0.2) is 4.98 Å². The largest absolute Gasteiger partial charge is 0.374 e. The molecular weight excluding hydrogens is 162 g/mol. The molecule has 0 saturated carbocycles. The monoisotopic (exact) mass is 173 g/mol. The van der Waals surface area contributed by atoms with Crippen molar-refractivity contribution in [1.82, 2.24) is 9.36 Å². The Balaban J connectivity index is 2.44. The van der Waals surface area contributed by atoms with Crippen molar-refractivity contribution in [3.8, 4) is 0 Å². The Labute approximate surface area is 69.8 Å². The molecule has 0 bridgehead atoms. The molecule has 0 aliphatic rings. The van der Waals surface area contributed by atoms with Crippen molar-refractivity contribution in [1.29, 1.82) is 0 Å². The highest BCUT2D eigenvalue weighted by atomic mass is 32.1. The SMILES string of the molecule is CCOCc1nsc(NC)n1. The molecule has 0 amide bonds. The summed E-state index contributed by atoms with van der Waals surface area (Å²) in [5.41, 5.74) is 0. The fourth-order valence-corrected chi connectivity index (χ4v) is 1.13. The lowest BCUT2D eigenvalue weighted by atomic mass is 10.7. The van der Waals surface area contributed by atoms with E-state index >= 15 is 0 Å². The Hall–Kier alpha value is -0.680. The molecule has 0 aromatic carbocycles. The molecule has 1 rings (SSSR count). The highest BCUT2D eigenvalue weighted by molar-refractivity contribution is 7.09. The van der Waals surface area contributed by atoms with Crippen LogP contribution >= 0.6 is 11.5 Å². The molecule has 0 aliphatic carbocycles. The third-order valence-corrected chi connectivity index (χ3v) is 1.89. The van der Waals surface area contributed by atoms with Crippen LogP contribution in [0, 0.1) is 0 Å². The van der Waals surface area contributed by atoms with Gasteiger partial charge in [0.25, 0.3) is 0 Å². The highest BCUT2D eigenvalue weighted by Gasteiger charge is 2.00. The molecule has 62 valence electrons. The number of anilines is 1. The van der Waals surface area contributed by atoms with Crippen LogP contribution in [0.3, 0.4) is 0 Å². The van der Waals surface area contributed by atoms with Gasteiger partial charge in [0, 0.05) is 25.2 Å². The van der Waals surface area contributed by atoms with Gasteiger partial charge in [-0.2, -0.15) is 4.37 Å². The molecule has 1 aromatic rings. The quantitative estimate of drug-likeness (QED) is 0.741. The van der Waals surface area contributed by atoms with Gasteiger partial charge < -0.3 is 10.1 Å². The highest BCUT2D eigenvalue weighted by Crippen LogP contribution is 2.09. The van der Waals surface area contributed by atoms with Crippen LogP contribution < -0.4 is 5.32 Å². The van der Waals surface area contributed by atoms with Crippen molar-refractivity contribution in [3.63, 3.8) is 0 Å². The van der Waals surface area contributed by atoms with E-state index in [1.165, 1.54) is 11.5 Å². The second-order valence-electron chi connectivity index (χ2n) is 1.90. The third-order valence-electron chi connectivity index (χ3n) is 1.12. The Morgan fingerprint density at radius 3 is 3.00 bits per heavy atom. The van der Waals surface area contributed by atoms with E-state index in [0.29, 0.717) is 13.2 Å². The minimum absolute atomic E-state index is 0.509. The minimum Gasteiger partial charge on any atom is -0.374 e. The summed E-state index contributed by atoms with van der Waals surface area (Å²) in [6, 6.07) is 0. The fraction of sp³-hybridized carbons (Fsp3) is 0.667. The summed E-state index contributed by atoms with van der Waals surface area (Å²) in [5, 5.41) is 3.75. The van der Waals surface area contributed by atoms with Gasteiger partial charge in [0.15, 0.2) is 5.82 Å². The predicted octanol–water partition coefficient (Wildman–Crippen LogP) is 1.12. The number of rotatable bonds is 4. The van der Waals surface area contributed by atoms with E-state index in [1.807, 2.05) is 14.0 Å². The van der Waals surface area contributed by atoms with Crippen molar-refractivity contribution in [2.75, 3.05) is 19.0 Å². The Bertz CT molecular complexity index is 213. The van der Waals surface area contributed by atoms with Crippen LogP contribution in [-0.2, 0) is 11.3 Å². The summed E-state index contributed by atoms with van der Waals surface area (Å²) in [4.78, 5) is 4.14. The van der Waals surface area contributed by atoms with Crippen molar-refractivity contribution < 1.29 is 4.74 Å². The predicted molar refractivity (Wildman–Crippen MR) is 44.8 cm³/mol. The number of nitrogens with one attached hydrogen (secondary N) is 1. The number of hydrogen-bond donors (Lipinski definition) is 1. The molecule has 0 fully saturated rings. The first-order chi connectivity index (χ1) is 5.36. The zero-order valence-electron chi connectivity index (χ0n) is 6.63. The van der Waals surface area contributed by atoms with Crippen LogP contribution in [0.25, 0.3) is 0 Å². The van der Waals surface area contributed by atoms with Crippen LogP contribution in [0.2, 0.25) is 0 Å². The summed E-state index contributed by atoms with van der Waals surface area (Å²) < 4.78 is 9.20. The first-order valence-corrected chi connectivity index (χ1v) is 4.22. The van der Waals surface area contributed by atoms with Gasteiger partial charge >= 0.3 is 0 Å². The average Bonchev–Trinajstić information content (AvgIpc) is 2.48. The van der Waals surface area contributed by atoms with Crippen molar-refractivity contribution in [3.05, 3.63) is 5.82 Å². The van der Waals surface area contributed by atoms with E-state index in [9.17, 15) is 0 Å². The first kappa shape index (κ1) is 8.42. The molecule has 0 aliphatic heterocycles. The smallest absolute Gasteiger partial charge is 0.202 e. The molecule has 1 aromatic heterocycles. The molecule has 5 heteroatoms. The molecule has 0 atom stereocenters. The van der Waals surface area contributed by atoms with E-state index in [4.69, 9.17) is 4.74 Å². The molecule has 1 heterocycles. The summed E-state index contributed by atoms with van der Waals surface area (Å²) in [5.74, 6) is 0.751. The summed E-state index contributed by atoms with van der Waals surface area (Å²) in [7, 11) is 1.82. The fourth-order valence-electron chi connectivity index (χ4n) is 0.607. The first-order valence-electron chi connectivity index (χ1n) is 3.45. The van der Waals surface area contributed by atoms with Crippen molar-refractivity contribution >= 4 is 16.7 Å². The Morgan fingerprint density at radius 2 is 2.45 bits per heavy atom. The number of aromatic nitrogens is 2. The van der Waals surface area contributed by atoms with Crippen LogP contribution in [0.15, 0.2) is 0 Å². The molecule has 0 unspecified atom stereocenters. The molecule has 0 radical (unpaired) electrons. The van der Waals surface area contributed by atoms with Gasteiger partial charge in [-0.3, -0.25) is 0 Å². The van der Waals surface area contributed by atoms with Crippen LogP contribution in [-0.4, -0.2) is 23.0 Å². The third kappa shape index (κ3) is 2.44. The maximum atomic E-state index is 5.13. The summed E-state index contributed by atoms with van der Waals surface area (Å²) in [6.07, 6.45) is 0. The maximum absolute atomic E-state index is 5.13. The number of hydrogen-bond acceptors (Lipinski definition) is 5. The van der Waals surface area contributed by atoms with E-state index in [2.05, 4.69) is 14.7 Å². The van der Waals surface area contributed by atoms with Gasteiger partial charge in [-0.1, -0.05) is 0 Å². The van der Waals surface area contributed by atoms with Crippen molar-refractivity contribution in [2.45, 2.75) is 13.5 Å².